The minimum Gasteiger partial charge on any atom is -0.467 e. The van der Waals surface area contributed by atoms with E-state index in [-0.39, 0.29) is 30.7 Å². The summed E-state index contributed by atoms with van der Waals surface area (Å²) < 4.78 is 6.11. The summed E-state index contributed by atoms with van der Waals surface area (Å²) in [5.74, 6) is -0.0182. The number of likely N-dealkylation sites (tertiary alicyclic amines) is 1. The zero-order valence-corrected chi connectivity index (χ0v) is 14.8. The maximum Gasteiger partial charge on any atom is 0.258 e. The first-order chi connectivity index (χ1) is 12.4. The highest BCUT2D eigenvalue weighted by molar-refractivity contribution is 5.98. The third-order valence-electron chi connectivity index (χ3n) is 4.69. The van der Waals surface area contributed by atoms with Crippen LogP contribution in [0.4, 0.5) is 0 Å². The van der Waals surface area contributed by atoms with E-state index < -0.39 is 5.72 Å². The van der Waals surface area contributed by atoms with Gasteiger partial charge in [-0.1, -0.05) is 17.7 Å². The van der Waals surface area contributed by atoms with Gasteiger partial charge in [-0.2, -0.15) is 0 Å². The second kappa shape index (κ2) is 7.19. The molecule has 0 aromatic heterocycles. The van der Waals surface area contributed by atoms with Gasteiger partial charge in [0, 0.05) is 32.4 Å². The van der Waals surface area contributed by atoms with Crippen molar-refractivity contribution in [2.45, 2.75) is 31.9 Å². The molecular formula is C19H23N3O4. The largest absolute Gasteiger partial charge is 0.467 e. The molecule has 0 bridgehead atoms. The highest BCUT2D eigenvalue weighted by atomic mass is 16.5. The molecule has 0 saturated carbocycles. The molecule has 7 nitrogen and oxygen atoms in total. The second-order valence-electron chi connectivity index (χ2n) is 6.71. The van der Waals surface area contributed by atoms with Crippen LogP contribution in [0, 0.1) is 6.92 Å². The lowest BCUT2D eigenvalue weighted by Crippen LogP contribution is -2.56. The van der Waals surface area contributed by atoms with Crippen LogP contribution in [0.3, 0.4) is 0 Å². The van der Waals surface area contributed by atoms with Crippen LogP contribution in [0.2, 0.25) is 0 Å². The molecule has 7 heteroatoms. The lowest BCUT2D eigenvalue weighted by molar-refractivity contribution is -0.135. The van der Waals surface area contributed by atoms with Crippen molar-refractivity contribution in [3.05, 3.63) is 42.0 Å². The van der Waals surface area contributed by atoms with Crippen molar-refractivity contribution in [1.29, 1.82) is 0 Å². The summed E-state index contributed by atoms with van der Waals surface area (Å²) in [6.07, 6.45) is 2.58. The highest BCUT2D eigenvalue weighted by Gasteiger charge is 2.42. The lowest BCUT2D eigenvalue weighted by atomic mass is 9.99. The van der Waals surface area contributed by atoms with E-state index in [1.54, 1.807) is 18.2 Å². The summed E-state index contributed by atoms with van der Waals surface area (Å²) >= 11 is 0. The standard InChI is InChI=1S/C19H23N3O4/c1-3-9-20-16(23)12-22-10-8-19(7-6-17(22)24)21-18(25)14-11-13(2)4-5-15(14)26-19/h3-5,11H,1,6-10,12H2,2H3,(H,20,23)(H,21,25)/t19-/m0/s1. The number of hydrogen-bond acceptors (Lipinski definition) is 4. The van der Waals surface area contributed by atoms with Gasteiger partial charge >= 0.3 is 0 Å². The molecule has 0 unspecified atom stereocenters. The number of carbonyl (C=O) groups is 3. The Bertz CT molecular complexity index is 761. The minimum atomic E-state index is -0.915. The van der Waals surface area contributed by atoms with Gasteiger partial charge < -0.3 is 20.3 Å². The number of nitrogens with one attached hydrogen (secondary N) is 2. The maximum absolute atomic E-state index is 12.5. The number of benzene rings is 1. The van der Waals surface area contributed by atoms with Gasteiger partial charge in [0.15, 0.2) is 5.72 Å². The van der Waals surface area contributed by atoms with Gasteiger partial charge in [0.25, 0.3) is 5.91 Å². The van der Waals surface area contributed by atoms with Crippen LogP contribution >= 0.6 is 0 Å². The molecule has 1 atom stereocenters. The molecule has 2 heterocycles. The quantitative estimate of drug-likeness (QED) is 0.791. The molecule has 138 valence electrons. The third kappa shape index (κ3) is 3.71. The van der Waals surface area contributed by atoms with E-state index in [2.05, 4.69) is 17.2 Å². The summed E-state index contributed by atoms with van der Waals surface area (Å²) in [7, 11) is 0. The number of fused-ring (bicyclic) bond motifs is 1. The van der Waals surface area contributed by atoms with Crippen molar-refractivity contribution >= 4 is 17.7 Å². The first-order valence-corrected chi connectivity index (χ1v) is 8.70. The summed E-state index contributed by atoms with van der Waals surface area (Å²) in [5, 5.41) is 5.60. The average Bonchev–Trinajstić information content (AvgIpc) is 2.75. The van der Waals surface area contributed by atoms with Crippen molar-refractivity contribution in [2.24, 2.45) is 0 Å². The van der Waals surface area contributed by atoms with Crippen LogP contribution in [0.15, 0.2) is 30.9 Å². The van der Waals surface area contributed by atoms with E-state index in [0.717, 1.165) is 5.56 Å². The molecule has 1 aromatic rings. The van der Waals surface area contributed by atoms with Gasteiger partial charge in [-0.15, -0.1) is 6.58 Å². The van der Waals surface area contributed by atoms with E-state index in [1.807, 2.05) is 13.0 Å². The van der Waals surface area contributed by atoms with Gasteiger partial charge in [-0.05, 0) is 19.1 Å². The van der Waals surface area contributed by atoms with E-state index in [4.69, 9.17) is 4.74 Å². The number of aryl methyl sites for hydroxylation is 1. The summed E-state index contributed by atoms with van der Waals surface area (Å²) in [6.45, 7) is 6.15. The summed E-state index contributed by atoms with van der Waals surface area (Å²) in [4.78, 5) is 38.3. The molecule has 0 aliphatic carbocycles. The summed E-state index contributed by atoms with van der Waals surface area (Å²) in [5.41, 5.74) is 0.569. The van der Waals surface area contributed by atoms with Crippen LogP contribution in [-0.4, -0.2) is 48.0 Å². The van der Waals surface area contributed by atoms with E-state index in [0.29, 0.717) is 37.2 Å². The monoisotopic (exact) mass is 357 g/mol. The molecule has 3 amide bonds. The molecule has 2 aliphatic heterocycles. The average molecular weight is 357 g/mol. The Hall–Kier alpha value is -2.83. The molecule has 2 aliphatic rings. The Morgan fingerprint density at radius 2 is 2.23 bits per heavy atom. The van der Waals surface area contributed by atoms with Crippen molar-refractivity contribution in [1.82, 2.24) is 15.5 Å². The predicted molar refractivity (Wildman–Crippen MR) is 95.6 cm³/mol. The Balaban J connectivity index is 1.72. The Morgan fingerprint density at radius 1 is 1.42 bits per heavy atom. The molecule has 1 saturated heterocycles. The van der Waals surface area contributed by atoms with Crippen LogP contribution < -0.4 is 15.4 Å². The smallest absolute Gasteiger partial charge is 0.258 e. The fourth-order valence-electron chi connectivity index (χ4n) is 3.26. The van der Waals surface area contributed by atoms with Crippen molar-refractivity contribution in [2.75, 3.05) is 19.6 Å². The zero-order chi connectivity index (χ0) is 18.7. The third-order valence-corrected chi connectivity index (χ3v) is 4.69. The number of rotatable bonds is 4. The van der Waals surface area contributed by atoms with Gasteiger partial charge in [-0.3, -0.25) is 14.4 Å². The van der Waals surface area contributed by atoms with Crippen LogP contribution in [-0.2, 0) is 9.59 Å². The number of amides is 3. The number of nitrogens with zero attached hydrogens (tertiary/aromatic N) is 1. The van der Waals surface area contributed by atoms with Crippen LogP contribution in [0.25, 0.3) is 0 Å². The van der Waals surface area contributed by atoms with E-state index in [1.165, 1.54) is 4.90 Å². The zero-order valence-electron chi connectivity index (χ0n) is 14.8. The van der Waals surface area contributed by atoms with Crippen molar-refractivity contribution in [3.8, 4) is 5.75 Å². The van der Waals surface area contributed by atoms with Crippen LogP contribution in [0.5, 0.6) is 5.75 Å². The first kappa shape index (κ1) is 18.0. The molecular weight excluding hydrogens is 334 g/mol. The number of carbonyl (C=O) groups excluding carboxylic acids is 3. The Labute approximate surface area is 152 Å². The van der Waals surface area contributed by atoms with Crippen molar-refractivity contribution < 1.29 is 19.1 Å². The van der Waals surface area contributed by atoms with Gasteiger partial charge in [-0.25, -0.2) is 0 Å². The SMILES string of the molecule is C=CCNC(=O)CN1CC[C@@]2(CCC1=O)NC(=O)c1cc(C)ccc1O2. The Kier molecular flexibility index (Phi) is 4.97. The fourth-order valence-corrected chi connectivity index (χ4v) is 3.26. The topological polar surface area (TPSA) is 87.7 Å². The van der Waals surface area contributed by atoms with Gasteiger partial charge in [0.05, 0.1) is 12.1 Å². The molecule has 1 spiro atoms. The van der Waals surface area contributed by atoms with E-state index >= 15 is 0 Å². The Morgan fingerprint density at radius 3 is 3.00 bits per heavy atom. The molecule has 1 fully saturated rings. The van der Waals surface area contributed by atoms with Gasteiger partial charge in [0.1, 0.15) is 5.75 Å². The van der Waals surface area contributed by atoms with Gasteiger partial charge in [0.2, 0.25) is 11.8 Å². The molecule has 1 aromatic carbocycles. The maximum atomic E-state index is 12.5. The molecule has 26 heavy (non-hydrogen) atoms. The highest BCUT2D eigenvalue weighted by Crippen LogP contribution is 2.34. The predicted octanol–water partition coefficient (Wildman–Crippen LogP) is 1.13. The fraction of sp³-hybridized carbons (Fsp3) is 0.421. The van der Waals surface area contributed by atoms with E-state index in [9.17, 15) is 14.4 Å². The molecule has 0 radical (unpaired) electrons. The number of hydrogen-bond donors (Lipinski definition) is 2. The first-order valence-electron chi connectivity index (χ1n) is 8.70. The second-order valence-corrected chi connectivity index (χ2v) is 6.71. The lowest BCUT2D eigenvalue weighted by Gasteiger charge is -2.38. The number of ether oxygens (including phenoxy) is 1. The molecule has 3 rings (SSSR count). The van der Waals surface area contributed by atoms with Crippen molar-refractivity contribution in [3.63, 3.8) is 0 Å². The molecule has 2 N–H and O–H groups in total. The van der Waals surface area contributed by atoms with Crippen LogP contribution in [0.1, 0.15) is 35.2 Å². The minimum absolute atomic E-state index is 0.00746. The normalized spacial score (nSPS) is 22.1. The summed E-state index contributed by atoms with van der Waals surface area (Å²) in [6, 6.07) is 5.47.